The molecule has 1 unspecified atom stereocenters. The Labute approximate surface area is 92.3 Å². The Bertz CT molecular complexity index is 295. The van der Waals surface area contributed by atoms with Crippen molar-refractivity contribution in [2.45, 2.75) is 5.37 Å². The Morgan fingerprint density at radius 1 is 1.33 bits per heavy atom. The van der Waals surface area contributed by atoms with E-state index in [1.165, 1.54) is 11.3 Å². The van der Waals surface area contributed by atoms with E-state index in [2.05, 4.69) is 35.6 Å². The van der Waals surface area contributed by atoms with Crippen molar-refractivity contribution in [1.82, 2.24) is 5.32 Å². The van der Waals surface area contributed by atoms with Crippen LogP contribution in [0, 0.1) is 0 Å². The van der Waals surface area contributed by atoms with Crippen molar-refractivity contribution < 1.29 is 15.0 Å². The van der Waals surface area contributed by atoms with Crippen LogP contribution < -0.4 is 5.32 Å². The topological polar surface area (TPSA) is 69.6 Å². The lowest BCUT2D eigenvalue weighted by Gasteiger charge is -2.08. The number of carboxylic acid groups (broad SMARTS) is 2. The zero-order valence-corrected chi connectivity index (χ0v) is 8.91. The highest BCUT2D eigenvalue weighted by atomic mass is 32.2. The van der Waals surface area contributed by atoms with Gasteiger partial charge in [-0.1, -0.05) is 30.3 Å². The van der Waals surface area contributed by atoms with E-state index in [9.17, 15) is 0 Å². The fraction of sp³-hybridized carbons (Fsp3) is 0.300. The number of thioether (sulfide) groups is 1. The number of nitrogens with one attached hydrogen (secondary N) is 1. The lowest BCUT2D eigenvalue weighted by Crippen LogP contribution is -2.11. The minimum atomic E-state index is -1.83. The van der Waals surface area contributed by atoms with Gasteiger partial charge in [-0.15, -0.1) is 11.8 Å². The fourth-order valence-electron chi connectivity index (χ4n) is 1.27. The van der Waals surface area contributed by atoms with Gasteiger partial charge in [0.1, 0.15) is 0 Å². The molecule has 0 aromatic heterocycles. The van der Waals surface area contributed by atoms with Crippen LogP contribution in [0.5, 0.6) is 0 Å². The van der Waals surface area contributed by atoms with E-state index in [0.717, 1.165) is 6.54 Å². The molecule has 0 radical (unpaired) electrons. The van der Waals surface area contributed by atoms with Gasteiger partial charge in [-0.2, -0.15) is 0 Å². The molecule has 82 valence electrons. The van der Waals surface area contributed by atoms with Crippen molar-refractivity contribution in [3.63, 3.8) is 0 Å². The average Bonchev–Trinajstić information content (AvgIpc) is 2.71. The highest BCUT2D eigenvalue weighted by Gasteiger charge is 2.15. The SMILES string of the molecule is O=C(O)O.c1ccc(C2NCCS2)cc1. The van der Waals surface area contributed by atoms with Gasteiger partial charge in [-0.05, 0) is 5.56 Å². The molecule has 0 saturated carbocycles. The van der Waals surface area contributed by atoms with Gasteiger partial charge < -0.3 is 15.5 Å². The van der Waals surface area contributed by atoms with Crippen molar-refractivity contribution >= 4 is 17.9 Å². The first kappa shape index (κ1) is 11.9. The van der Waals surface area contributed by atoms with E-state index >= 15 is 0 Å². The van der Waals surface area contributed by atoms with Crippen LogP contribution in [0.15, 0.2) is 30.3 Å². The first-order valence-electron chi connectivity index (χ1n) is 4.52. The van der Waals surface area contributed by atoms with E-state index in [4.69, 9.17) is 15.0 Å². The molecule has 1 aromatic carbocycles. The van der Waals surface area contributed by atoms with E-state index in [-0.39, 0.29) is 0 Å². The standard InChI is InChI=1S/C9H11NS.CH2O3/c1-2-4-8(5-3-1)9-10-6-7-11-9;2-1(3)4/h1-5,9-10H,6-7H2;(H2,2,3,4). The van der Waals surface area contributed by atoms with Crippen LogP contribution in [0.1, 0.15) is 10.9 Å². The van der Waals surface area contributed by atoms with Gasteiger partial charge in [-0.25, -0.2) is 4.79 Å². The van der Waals surface area contributed by atoms with Gasteiger partial charge in [0.15, 0.2) is 0 Å². The van der Waals surface area contributed by atoms with Gasteiger partial charge in [0, 0.05) is 12.3 Å². The molecule has 1 aromatic rings. The summed E-state index contributed by atoms with van der Waals surface area (Å²) in [5.41, 5.74) is 1.40. The maximum atomic E-state index is 8.56. The molecule has 0 amide bonds. The van der Waals surface area contributed by atoms with E-state index in [0.29, 0.717) is 5.37 Å². The number of rotatable bonds is 1. The summed E-state index contributed by atoms with van der Waals surface area (Å²) in [6.07, 6.45) is -1.83. The number of hydrogen-bond donors (Lipinski definition) is 3. The summed E-state index contributed by atoms with van der Waals surface area (Å²) in [7, 11) is 0. The molecule has 15 heavy (non-hydrogen) atoms. The zero-order valence-electron chi connectivity index (χ0n) is 8.09. The van der Waals surface area contributed by atoms with Gasteiger partial charge in [-0.3, -0.25) is 0 Å². The summed E-state index contributed by atoms with van der Waals surface area (Å²) in [4.78, 5) is 8.56. The number of carbonyl (C=O) groups is 1. The van der Waals surface area contributed by atoms with Gasteiger partial charge in [0.25, 0.3) is 0 Å². The maximum absolute atomic E-state index is 8.56. The summed E-state index contributed by atoms with van der Waals surface area (Å²) in [5, 5.41) is 17.9. The molecule has 1 saturated heterocycles. The van der Waals surface area contributed by atoms with Crippen LogP contribution in [-0.2, 0) is 0 Å². The predicted octanol–water partition coefficient (Wildman–Crippen LogP) is 2.24. The molecule has 1 aliphatic heterocycles. The summed E-state index contributed by atoms with van der Waals surface area (Å²) in [5.74, 6) is 1.24. The molecular weight excluding hydrogens is 214 g/mol. The van der Waals surface area contributed by atoms with Crippen molar-refractivity contribution in [2.24, 2.45) is 0 Å². The molecule has 1 aliphatic rings. The summed E-state index contributed by atoms with van der Waals surface area (Å²) in [6, 6.07) is 10.6. The Morgan fingerprint density at radius 2 is 1.93 bits per heavy atom. The highest BCUT2D eigenvalue weighted by molar-refractivity contribution is 7.99. The molecule has 1 atom stereocenters. The minimum Gasteiger partial charge on any atom is -0.450 e. The third-order valence-corrected chi connectivity index (χ3v) is 3.03. The highest BCUT2D eigenvalue weighted by Crippen LogP contribution is 2.29. The summed E-state index contributed by atoms with van der Waals surface area (Å²) < 4.78 is 0. The van der Waals surface area contributed by atoms with Crippen LogP contribution in [0.3, 0.4) is 0 Å². The molecule has 5 heteroatoms. The third kappa shape index (κ3) is 4.71. The Balaban J connectivity index is 0.000000245. The van der Waals surface area contributed by atoms with Crippen molar-refractivity contribution in [3.05, 3.63) is 35.9 Å². The van der Waals surface area contributed by atoms with Gasteiger partial charge >= 0.3 is 6.16 Å². The quantitative estimate of drug-likeness (QED) is 0.686. The second-order valence-electron chi connectivity index (χ2n) is 2.90. The Morgan fingerprint density at radius 3 is 2.40 bits per heavy atom. The van der Waals surface area contributed by atoms with Gasteiger partial charge in [0.2, 0.25) is 0 Å². The van der Waals surface area contributed by atoms with Crippen molar-refractivity contribution in [1.29, 1.82) is 0 Å². The molecular formula is C10H13NO3S. The van der Waals surface area contributed by atoms with Crippen molar-refractivity contribution in [3.8, 4) is 0 Å². The van der Waals surface area contributed by atoms with E-state index < -0.39 is 6.16 Å². The first-order valence-corrected chi connectivity index (χ1v) is 5.57. The number of hydrogen-bond acceptors (Lipinski definition) is 3. The van der Waals surface area contributed by atoms with Crippen LogP contribution in [-0.4, -0.2) is 28.7 Å². The second-order valence-corrected chi connectivity index (χ2v) is 4.11. The smallest absolute Gasteiger partial charge is 0.450 e. The lowest BCUT2D eigenvalue weighted by atomic mass is 10.2. The van der Waals surface area contributed by atoms with Gasteiger partial charge in [0.05, 0.1) is 5.37 Å². The normalized spacial score (nSPS) is 19.1. The predicted molar refractivity (Wildman–Crippen MR) is 60.3 cm³/mol. The average molecular weight is 227 g/mol. The third-order valence-electron chi connectivity index (χ3n) is 1.82. The first-order chi connectivity index (χ1) is 7.20. The maximum Gasteiger partial charge on any atom is 0.503 e. The molecule has 0 bridgehead atoms. The Kier molecular flexibility index (Phi) is 5.00. The van der Waals surface area contributed by atoms with Crippen LogP contribution in [0.2, 0.25) is 0 Å². The minimum absolute atomic E-state index is 0.538. The monoisotopic (exact) mass is 227 g/mol. The fourth-order valence-corrected chi connectivity index (χ4v) is 2.32. The molecule has 1 fully saturated rings. The van der Waals surface area contributed by atoms with E-state index in [1.807, 2.05) is 11.8 Å². The molecule has 3 N–H and O–H groups in total. The number of benzene rings is 1. The molecule has 0 spiro atoms. The summed E-state index contributed by atoms with van der Waals surface area (Å²) in [6.45, 7) is 1.14. The largest absolute Gasteiger partial charge is 0.503 e. The molecule has 1 heterocycles. The van der Waals surface area contributed by atoms with Crippen LogP contribution >= 0.6 is 11.8 Å². The summed E-state index contributed by atoms with van der Waals surface area (Å²) >= 11 is 1.98. The molecule has 4 nitrogen and oxygen atoms in total. The molecule has 2 rings (SSSR count). The van der Waals surface area contributed by atoms with E-state index in [1.54, 1.807) is 0 Å². The molecule has 0 aliphatic carbocycles. The van der Waals surface area contributed by atoms with Crippen molar-refractivity contribution in [2.75, 3.05) is 12.3 Å². The zero-order chi connectivity index (χ0) is 11.1. The van der Waals surface area contributed by atoms with Crippen LogP contribution in [0.4, 0.5) is 4.79 Å². The second kappa shape index (κ2) is 6.31. The van der Waals surface area contributed by atoms with Crippen LogP contribution in [0.25, 0.3) is 0 Å². The Hall–Kier alpha value is -1.20. The lowest BCUT2D eigenvalue weighted by molar-refractivity contribution is 0.137.